The number of para-hydroxylation sites is 1. The molecule has 1 aliphatic heterocycles. The lowest BCUT2D eigenvalue weighted by atomic mass is 10.3. The monoisotopic (exact) mass is 552 g/mol. The normalized spacial score (nSPS) is 14.2. The number of imidazole rings is 1. The van der Waals surface area contributed by atoms with Gasteiger partial charge in [-0.3, -0.25) is 9.36 Å². The van der Waals surface area contributed by atoms with E-state index in [1.54, 1.807) is 23.1 Å². The molecule has 198 valence electrons. The third-order valence-electron chi connectivity index (χ3n) is 5.79. The largest absolute Gasteiger partial charge is 0.493 e. The Morgan fingerprint density at radius 2 is 1.66 bits per heavy atom. The Morgan fingerprint density at radius 1 is 1.00 bits per heavy atom. The van der Waals surface area contributed by atoms with E-state index in [0.29, 0.717) is 26.2 Å². The summed E-state index contributed by atoms with van der Waals surface area (Å²) in [5.74, 6) is -3.27. The SMILES string of the molecule is O=C(On1c(=O)c2c(nc(N3CCNCC3)n2-c2ccccc2Cl)n(-c2ccc(F)cc2)c1=O)C(F)(F)F. The van der Waals surface area contributed by atoms with Crippen molar-refractivity contribution >= 4 is 34.7 Å². The summed E-state index contributed by atoms with van der Waals surface area (Å²) < 4.78 is 54.5. The molecule has 0 saturated carbocycles. The van der Waals surface area contributed by atoms with Crippen LogP contribution in [0.4, 0.5) is 23.5 Å². The van der Waals surface area contributed by atoms with Crippen molar-refractivity contribution in [2.24, 2.45) is 0 Å². The molecule has 0 amide bonds. The van der Waals surface area contributed by atoms with Gasteiger partial charge in [-0.15, -0.1) is 0 Å². The summed E-state index contributed by atoms with van der Waals surface area (Å²) >= 11 is 6.44. The molecule has 0 bridgehead atoms. The van der Waals surface area contributed by atoms with Gasteiger partial charge in [0, 0.05) is 26.2 Å². The summed E-state index contributed by atoms with van der Waals surface area (Å²) in [6.07, 6.45) is -5.50. The number of carbonyl (C=O) groups excluding carboxylic acids is 1. The maximum Gasteiger partial charge on any atom is 0.493 e. The fourth-order valence-electron chi connectivity index (χ4n) is 4.09. The molecule has 0 aliphatic carbocycles. The first-order chi connectivity index (χ1) is 18.1. The van der Waals surface area contributed by atoms with Crippen LogP contribution >= 0.6 is 11.6 Å². The zero-order valence-corrected chi connectivity index (χ0v) is 20.0. The Hall–Kier alpha value is -4.17. The molecule has 0 unspecified atom stereocenters. The second-order valence-electron chi connectivity index (χ2n) is 8.18. The number of nitrogens with zero attached hydrogens (tertiary/aromatic N) is 5. The van der Waals surface area contributed by atoms with E-state index in [2.05, 4.69) is 15.1 Å². The van der Waals surface area contributed by atoms with E-state index >= 15 is 0 Å². The topological polar surface area (TPSA) is 103 Å². The minimum Gasteiger partial charge on any atom is -0.339 e. The van der Waals surface area contributed by atoms with Gasteiger partial charge in [0.2, 0.25) is 5.95 Å². The van der Waals surface area contributed by atoms with Crippen LogP contribution in [0, 0.1) is 5.82 Å². The molecule has 10 nitrogen and oxygen atoms in total. The van der Waals surface area contributed by atoms with Gasteiger partial charge >= 0.3 is 23.4 Å². The van der Waals surface area contributed by atoms with Crippen LogP contribution in [0.5, 0.6) is 0 Å². The fourth-order valence-corrected chi connectivity index (χ4v) is 4.31. The molecular formula is C23H17ClF4N6O4. The molecule has 1 aliphatic rings. The molecule has 4 aromatic rings. The molecule has 0 spiro atoms. The zero-order chi connectivity index (χ0) is 27.2. The van der Waals surface area contributed by atoms with Crippen LogP contribution in [-0.2, 0) is 4.79 Å². The van der Waals surface area contributed by atoms with Crippen LogP contribution < -0.4 is 26.3 Å². The van der Waals surface area contributed by atoms with E-state index in [0.717, 1.165) is 28.8 Å². The highest BCUT2D eigenvalue weighted by atomic mass is 35.5. The number of piperazine rings is 1. The molecule has 38 heavy (non-hydrogen) atoms. The van der Waals surface area contributed by atoms with Gasteiger partial charge in [0.1, 0.15) is 5.82 Å². The molecule has 2 aromatic heterocycles. The van der Waals surface area contributed by atoms with Crippen LogP contribution in [0.15, 0.2) is 58.1 Å². The zero-order valence-electron chi connectivity index (χ0n) is 19.2. The number of aromatic nitrogens is 4. The second kappa shape index (κ2) is 9.61. The number of nitrogens with one attached hydrogen (secondary N) is 1. The molecule has 1 fully saturated rings. The maximum absolute atomic E-state index is 13.7. The van der Waals surface area contributed by atoms with Crippen molar-refractivity contribution in [1.29, 1.82) is 0 Å². The average molecular weight is 553 g/mol. The lowest BCUT2D eigenvalue weighted by Gasteiger charge is -2.28. The molecule has 5 rings (SSSR count). The highest BCUT2D eigenvalue weighted by Crippen LogP contribution is 2.30. The van der Waals surface area contributed by atoms with Crippen molar-refractivity contribution in [3.8, 4) is 11.4 Å². The number of rotatable bonds is 4. The van der Waals surface area contributed by atoms with Crippen LogP contribution in [0.2, 0.25) is 5.02 Å². The molecule has 1 N–H and O–H groups in total. The van der Waals surface area contributed by atoms with Crippen LogP contribution in [0.3, 0.4) is 0 Å². The van der Waals surface area contributed by atoms with E-state index in [1.807, 2.05) is 0 Å². The first-order valence-electron chi connectivity index (χ1n) is 11.1. The van der Waals surface area contributed by atoms with Crippen LogP contribution in [0.1, 0.15) is 0 Å². The van der Waals surface area contributed by atoms with Gasteiger partial charge in [-0.05, 0) is 36.4 Å². The summed E-state index contributed by atoms with van der Waals surface area (Å²) in [6, 6.07) is 10.7. The number of hydrogen-bond acceptors (Lipinski definition) is 7. The Bertz CT molecular complexity index is 1660. The van der Waals surface area contributed by atoms with Gasteiger partial charge in [0.25, 0.3) is 0 Å². The molecule has 3 heterocycles. The summed E-state index contributed by atoms with van der Waals surface area (Å²) in [5, 5.41) is 3.34. The molecule has 2 aromatic carbocycles. The third kappa shape index (κ3) is 4.41. The van der Waals surface area contributed by atoms with Gasteiger partial charge in [-0.25, -0.2) is 18.5 Å². The summed E-state index contributed by atoms with van der Waals surface area (Å²) in [7, 11) is 0. The minimum atomic E-state index is -5.50. The van der Waals surface area contributed by atoms with Gasteiger partial charge in [-0.2, -0.15) is 18.2 Å². The highest BCUT2D eigenvalue weighted by Gasteiger charge is 2.43. The Balaban J connectivity index is 1.92. The smallest absolute Gasteiger partial charge is 0.339 e. The van der Waals surface area contributed by atoms with Gasteiger partial charge < -0.3 is 15.1 Å². The summed E-state index contributed by atoms with van der Waals surface area (Å²) in [6.45, 7) is 1.99. The number of fused-ring (bicyclic) bond motifs is 1. The number of benzene rings is 2. The summed E-state index contributed by atoms with van der Waals surface area (Å²) in [4.78, 5) is 49.1. The fraction of sp³-hybridized carbons (Fsp3) is 0.217. The number of alkyl halides is 3. The van der Waals surface area contributed by atoms with Crippen molar-refractivity contribution in [1.82, 2.24) is 24.2 Å². The van der Waals surface area contributed by atoms with Crippen molar-refractivity contribution in [2.75, 3.05) is 31.1 Å². The molecule has 0 radical (unpaired) electrons. The predicted molar refractivity (Wildman–Crippen MR) is 129 cm³/mol. The second-order valence-corrected chi connectivity index (χ2v) is 8.59. The lowest BCUT2D eigenvalue weighted by Crippen LogP contribution is -2.48. The van der Waals surface area contributed by atoms with Gasteiger partial charge in [-0.1, -0.05) is 28.5 Å². The van der Waals surface area contributed by atoms with Crippen molar-refractivity contribution < 1.29 is 27.2 Å². The van der Waals surface area contributed by atoms with E-state index in [4.69, 9.17) is 11.6 Å². The number of anilines is 1. The quantitative estimate of drug-likeness (QED) is 0.387. The summed E-state index contributed by atoms with van der Waals surface area (Å²) in [5.41, 5.74) is -3.31. The van der Waals surface area contributed by atoms with Crippen molar-refractivity contribution in [3.63, 3.8) is 0 Å². The van der Waals surface area contributed by atoms with E-state index in [9.17, 15) is 31.9 Å². The standard InChI is InChI=1S/C23H17ClF4N6O4/c24-15-3-1-2-4-16(15)33-17-18(30-21(33)31-11-9-29-10-12-31)32(14-7-5-13(25)6-8-14)22(37)34(19(17)35)38-20(36)23(26,27)28/h1-8,29H,9-12H2. The van der Waals surface area contributed by atoms with Gasteiger partial charge in [0.05, 0.1) is 16.4 Å². The molecular weight excluding hydrogens is 536 g/mol. The van der Waals surface area contributed by atoms with Crippen LogP contribution in [-0.4, -0.2) is 57.2 Å². The van der Waals surface area contributed by atoms with E-state index in [1.165, 1.54) is 10.6 Å². The molecule has 0 atom stereocenters. The number of hydrogen-bond donors (Lipinski definition) is 1. The highest BCUT2D eigenvalue weighted by molar-refractivity contribution is 6.32. The Kier molecular flexibility index (Phi) is 6.44. The minimum absolute atomic E-state index is 0.0473. The van der Waals surface area contributed by atoms with Crippen molar-refractivity contribution in [3.05, 3.63) is 80.2 Å². The Labute approximate surface area is 215 Å². The predicted octanol–water partition coefficient (Wildman–Crippen LogP) is 2.06. The maximum atomic E-state index is 13.7. The molecule has 1 saturated heterocycles. The van der Waals surface area contributed by atoms with E-state index in [-0.39, 0.29) is 32.7 Å². The lowest BCUT2D eigenvalue weighted by molar-refractivity contribution is -0.200. The first kappa shape index (κ1) is 25.5. The van der Waals surface area contributed by atoms with Crippen molar-refractivity contribution in [2.45, 2.75) is 6.18 Å². The number of halogens is 5. The Morgan fingerprint density at radius 3 is 2.29 bits per heavy atom. The van der Waals surface area contributed by atoms with Crippen LogP contribution in [0.25, 0.3) is 22.5 Å². The average Bonchev–Trinajstić information content (AvgIpc) is 3.28. The number of carbonyl (C=O) groups is 1. The van der Waals surface area contributed by atoms with Gasteiger partial charge in [0.15, 0.2) is 11.2 Å². The molecule has 15 heteroatoms. The van der Waals surface area contributed by atoms with E-state index < -0.39 is 34.7 Å². The first-order valence-corrected chi connectivity index (χ1v) is 11.5. The third-order valence-corrected chi connectivity index (χ3v) is 6.11.